The molecule has 1 radical (unpaired) electrons. The van der Waals surface area contributed by atoms with E-state index in [1.807, 2.05) is 0 Å². The topological polar surface area (TPSA) is 0 Å². The van der Waals surface area contributed by atoms with Crippen molar-refractivity contribution in [2.75, 3.05) is 0 Å². The van der Waals surface area contributed by atoms with E-state index in [-0.39, 0.29) is 0 Å². The van der Waals surface area contributed by atoms with E-state index >= 15 is 0 Å². The molecule has 0 aliphatic rings. The van der Waals surface area contributed by atoms with Gasteiger partial charge in [-0.1, -0.05) is 51.7 Å². The molecule has 0 amide bonds. The molecule has 0 aliphatic heterocycles. The van der Waals surface area contributed by atoms with Gasteiger partial charge in [0.15, 0.2) is 0 Å². The first-order valence-corrected chi connectivity index (χ1v) is 5.32. The molecule has 0 aromatic carbocycles. The average molecular weight is 167 g/mol. The van der Waals surface area contributed by atoms with Crippen LogP contribution in [0.4, 0.5) is 0 Å². The van der Waals surface area contributed by atoms with Crippen molar-refractivity contribution in [2.45, 2.75) is 58.8 Å². The molecule has 0 saturated carbocycles. The minimum Gasteiger partial charge on any atom is -0.0853 e. The van der Waals surface area contributed by atoms with Gasteiger partial charge in [-0.05, 0) is 25.7 Å². The zero-order valence-corrected chi connectivity index (χ0v) is 8.73. The third-order valence-corrected chi connectivity index (χ3v) is 2.06. The number of hydrogen-bond donors (Lipinski definition) is 0. The van der Waals surface area contributed by atoms with Crippen LogP contribution in [0.2, 0.25) is 0 Å². The molecule has 0 aliphatic carbocycles. The van der Waals surface area contributed by atoms with Gasteiger partial charge < -0.3 is 0 Å². The molecule has 0 nitrogen and oxygen atoms in total. The lowest BCUT2D eigenvalue weighted by atomic mass is 10.0. The largest absolute Gasteiger partial charge is 0.0853 e. The van der Waals surface area contributed by atoms with Crippen molar-refractivity contribution in [1.29, 1.82) is 0 Å². The monoisotopic (exact) mass is 167 g/mol. The standard InChI is InChI=1S/C12H23/c1-4-7-8-11-12(9-5-2)10-6-3/h11H,2,4-10H2,1,3H3. The van der Waals surface area contributed by atoms with E-state index in [2.05, 4.69) is 26.8 Å². The van der Waals surface area contributed by atoms with Crippen LogP contribution in [0.1, 0.15) is 58.8 Å². The van der Waals surface area contributed by atoms with Crippen LogP contribution in [-0.2, 0) is 0 Å². The summed E-state index contributed by atoms with van der Waals surface area (Å²) in [6, 6.07) is 0. The van der Waals surface area contributed by atoms with Gasteiger partial charge in [-0.15, -0.1) is 0 Å². The normalized spacial score (nSPS) is 12.1. The van der Waals surface area contributed by atoms with Crippen LogP contribution in [0.3, 0.4) is 0 Å². The molecule has 0 heteroatoms. The Labute approximate surface area is 78.1 Å². The minimum atomic E-state index is 1.05. The lowest BCUT2D eigenvalue weighted by molar-refractivity contribution is 0.778. The summed E-state index contributed by atoms with van der Waals surface area (Å²) in [6.07, 6.45) is 11.2. The highest BCUT2D eigenvalue weighted by Crippen LogP contribution is 2.13. The Morgan fingerprint density at radius 2 is 1.92 bits per heavy atom. The second kappa shape index (κ2) is 8.83. The van der Waals surface area contributed by atoms with Crippen LogP contribution in [0, 0.1) is 6.92 Å². The highest BCUT2D eigenvalue weighted by Gasteiger charge is 1.93. The van der Waals surface area contributed by atoms with Gasteiger partial charge in [0, 0.05) is 0 Å². The summed E-state index contributed by atoms with van der Waals surface area (Å²) in [4.78, 5) is 0. The van der Waals surface area contributed by atoms with Crippen LogP contribution < -0.4 is 0 Å². The molecule has 71 valence electrons. The third kappa shape index (κ3) is 6.45. The number of allylic oxidation sites excluding steroid dienone is 2. The molecule has 12 heavy (non-hydrogen) atoms. The Hall–Kier alpha value is -0.260. The van der Waals surface area contributed by atoms with Gasteiger partial charge in [-0.25, -0.2) is 0 Å². The highest BCUT2D eigenvalue weighted by atomic mass is 14.0. The van der Waals surface area contributed by atoms with Gasteiger partial charge in [0.2, 0.25) is 0 Å². The molecule has 0 rings (SSSR count). The average Bonchev–Trinajstić information content (AvgIpc) is 2.06. The first kappa shape index (κ1) is 11.7. The first-order chi connectivity index (χ1) is 5.85. The Balaban J connectivity index is 3.64. The molecule has 0 saturated heterocycles. The van der Waals surface area contributed by atoms with E-state index < -0.39 is 0 Å². The van der Waals surface area contributed by atoms with Crippen molar-refractivity contribution in [1.82, 2.24) is 0 Å². The van der Waals surface area contributed by atoms with E-state index in [1.54, 1.807) is 5.57 Å². The summed E-state index contributed by atoms with van der Waals surface area (Å²) >= 11 is 0. The fourth-order valence-electron chi connectivity index (χ4n) is 1.39. The zero-order valence-electron chi connectivity index (χ0n) is 8.73. The molecular weight excluding hydrogens is 144 g/mol. The molecule has 0 spiro atoms. The molecule has 0 fully saturated rings. The van der Waals surface area contributed by atoms with Crippen molar-refractivity contribution in [3.8, 4) is 0 Å². The summed E-state index contributed by atoms with van der Waals surface area (Å²) in [5, 5.41) is 0. The zero-order chi connectivity index (χ0) is 9.23. The SMILES string of the molecule is [CH2]CCC(=CCCCC)CCC. The first-order valence-electron chi connectivity index (χ1n) is 5.32. The van der Waals surface area contributed by atoms with Crippen molar-refractivity contribution in [2.24, 2.45) is 0 Å². The maximum atomic E-state index is 3.90. The lowest BCUT2D eigenvalue weighted by Crippen LogP contribution is -1.83. The molecule has 0 aromatic heterocycles. The summed E-state index contributed by atoms with van der Waals surface area (Å²) in [7, 11) is 0. The van der Waals surface area contributed by atoms with E-state index in [0.29, 0.717) is 0 Å². The predicted octanol–water partition coefficient (Wildman–Crippen LogP) is 4.52. The number of unbranched alkanes of at least 4 members (excludes halogenated alkanes) is 2. The van der Waals surface area contributed by atoms with Crippen molar-refractivity contribution in [3.05, 3.63) is 18.6 Å². The number of rotatable bonds is 7. The Morgan fingerprint density at radius 1 is 1.17 bits per heavy atom. The van der Waals surface area contributed by atoms with E-state index in [0.717, 1.165) is 6.42 Å². The fraction of sp³-hybridized carbons (Fsp3) is 0.750. The second-order valence-corrected chi connectivity index (χ2v) is 3.36. The summed E-state index contributed by atoms with van der Waals surface area (Å²) in [6.45, 7) is 8.39. The highest BCUT2D eigenvalue weighted by molar-refractivity contribution is 5.01. The molecule has 0 heterocycles. The summed E-state index contributed by atoms with van der Waals surface area (Å²) in [5.41, 5.74) is 1.63. The summed E-state index contributed by atoms with van der Waals surface area (Å²) in [5.74, 6) is 0. The molecular formula is C12H23. The van der Waals surface area contributed by atoms with Crippen LogP contribution in [0.25, 0.3) is 0 Å². The summed E-state index contributed by atoms with van der Waals surface area (Å²) < 4.78 is 0. The van der Waals surface area contributed by atoms with Gasteiger partial charge in [0.1, 0.15) is 0 Å². The maximum Gasteiger partial charge on any atom is -0.0320 e. The van der Waals surface area contributed by atoms with Crippen LogP contribution >= 0.6 is 0 Å². The smallest absolute Gasteiger partial charge is 0.0320 e. The van der Waals surface area contributed by atoms with Gasteiger partial charge in [0.05, 0.1) is 0 Å². The predicted molar refractivity (Wildman–Crippen MR) is 57.1 cm³/mol. The van der Waals surface area contributed by atoms with Gasteiger partial charge in [0.25, 0.3) is 0 Å². The van der Waals surface area contributed by atoms with Gasteiger partial charge in [-0.2, -0.15) is 0 Å². The van der Waals surface area contributed by atoms with E-state index in [9.17, 15) is 0 Å². The molecule has 0 unspecified atom stereocenters. The molecule has 0 N–H and O–H groups in total. The van der Waals surface area contributed by atoms with Crippen LogP contribution in [0.5, 0.6) is 0 Å². The van der Waals surface area contributed by atoms with Crippen LogP contribution in [-0.4, -0.2) is 0 Å². The van der Waals surface area contributed by atoms with E-state index in [1.165, 1.54) is 38.5 Å². The number of hydrogen-bond acceptors (Lipinski definition) is 0. The maximum absolute atomic E-state index is 3.90. The van der Waals surface area contributed by atoms with Gasteiger partial charge in [-0.3, -0.25) is 0 Å². The quantitative estimate of drug-likeness (QED) is 0.386. The third-order valence-electron chi connectivity index (χ3n) is 2.06. The Morgan fingerprint density at radius 3 is 2.42 bits per heavy atom. The van der Waals surface area contributed by atoms with E-state index in [4.69, 9.17) is 0 Å². The van der Waals surface area contributed by atoms with Gasteiger partial charge >= 0.3 is 0 Å². The van der Waals surface area contributed by atoms with Crippen molar-refractivity contribution >= 4 is 0 Å². The lowest BCUT2D eigenvalue weighted by Gasteiger charge is -2.03. The van der Waals surface area contributed by atoms with Crippen LogP contribution in [0.15, 0.2) is 11.6 Å². The second-order valence-electron chi connectivity index (χ2n) is 3.36. The molecule has 0 aromatic rings. The Kier molecular flexibility index (Phi) is 8.64. The Bertz CT molecular complexity index is 103. The van der Waals surface area contributed by atoms with Crippen molar-refractivity contribution in [3.63, 3.8) is 0 Å². The molecule has 0 atom stereocenters. The fourth-order valence-corrected chi connectivity index (χ4v) is 1.39. The minimum absolute atomic E-state index is 1.05. The molecule has 0 bridgehead atoms. The van der Waals surface area contributed by atoms with Crippen molar-refractivity contribution < 1.29 is 0 Å².